The maximum atomic E-state index is 12.1. The number of aromatic nitrogens is 1. The highest BCUT2D eigenvalue weighted by atomic mass is 32.1. The summed E-state index contributed by atoms with van der Waals surface area (Å²) in [7, 11) is 0. The fraction of sp³-hybridized carbons (Fsp3) is 0.300. The lowest BCUT2D eigenvalue weighted by Gasteiger charge is -2.16. The van der Waals surface area contributed by atoms with E-state index in [0.29, 0.717) is 25.6 Å². The highest BCUT2D eigenvalue weighted by molar-refractivity contribution is 7.09. The number of carbonyl (C=O) groups is 1. The van der Waals surface area contributed by atoms with Gasteiger partial charge in [0.05, 0.1) is 6.61 Å². The number of likely N-dealkylation sites (tertiary alicyclic amines) is 1. The van der Waals surface area contributed by atoms with Crippen molar-refractivity contribution in [3.63, 3.8) is 0 Å². The highest BCUT2D eigenvalue weighted by Crippen LogP contribution is 2.23. The molecular weight excluding hydrogens is 348 g/mol. The van der Waals surface area contributed by atoms with Crippen molar-refractivity contribution >= 4 is 28.2 Å². The van der Waals surface area contributed by atoms with Crippen molar-refractivity contribution < 1.29 is 14.3 Å². The lowest BCUT2D eigenvalue weighted by molar-refractivity contribution is 0.102. The second-order valence-corrected chi connectivity index (χ2v) is 7.38. The summed E-state index contributed by atoms with van der Waals surface area (Å²) in [6, 6.07) is 14.4. The van der Waals surface area contributed by atoms with Crippen LogP contribution in [0.3, 0.4) is 0 Å². The van der Waals surface area contributed by atoms with Crippen LogP contribution in [0.25, 0.3) is 10.8 Å². The van der Waals surface area contributed by atoms with Gasteiger partial charge in [-0.3, -0.25) is 0 Å². The molecule has 6 heteroatoms. The molecule has 1 aromatic heterocycles. The zero-order valence-electron chi connectivity index (χ0n) is 14.3. The molecule has 1 atom stereocenters. The summed E-state index contributed by atoms with van der Waals surface area (Å²) >= 11 is 1.49. The van der Waals surface area contributed by atoms with Crippen LogP contribution < -0.4 is 4.74 Å². The van der Waals surface area contributed by atoms with E-state index in [0.717, 1.165) is 17.2 Å². The van der Waals surface area contributed by atoms with Gasteiger partial charge in [0, 0.05) is 30.6 Å². The van der Waals surface area contributed by atoms with Crippen LogP contribution >= 0.6 is 11.3 Å². The highest BCUT2D eigenvalue weighted by Gasteiger charge is 2.27. The van der Waals surface area contributed by atoms with Gasteiger partial charge in [0.2, 0.25) is 0 Å². The van der Waals surface area contributed by atoms with Crippen molar-refractivity contribution in [1.29, 1.82) is 0 Å². The van der Waals surface area contributed by atoms with E-state index in [2.05, 4.69) is 29.2 Å². The van der Waals surface area contributed by atoms with E-state index in [1.165, 1.54) is 22.1 Å². The first-order valence-electron chi connectivity index (χ1n) is 8.69. The van der Waals surface area contributed by atoms with Gasteiger partial charge in [-0.25, -0.2) is 9.78 Å². The third kappa shape index (κ3) is 3.96. The Labute approximate surface area is 156 Å². The molecule has 5 nitrogen and oxygen atoms in total. The molecule has 3 aromatic rings. The number of hydrogen-bond donors (Lipinski definition) is 0. The quantitative estimate of drug-likeness (QED) is 0.672. The Balaban J connectivity index is 1.26. The lowest BCUT2D eigenvalue weighted by Crippen LogP contribution is -2.30. The van der Waals surface area contributed by atoms with Gasteiger partial charge in [-0.15, -0.1) is 11.3 Å². The molecule has 1 saturated heterocycles. The molecule has 1 aliphatic heterocycles. The van der Waals surface area contributed by atoms with Crippen LogP contribution in [0.5, 0.6) is 5.75 Å². The van der Waals surface area contributed by atoms with Gasteiger partial charge >= 0.3 is 6.09 Å². The minimum Gasteiger partial charge on any atom is -0.493 e. The van der Waals surface area contributed by atoms with E-state index in [4.69, 9.17) is 9.47 Å². The maximum absolute atomic E-state index is 12.1. The molecule has 2 heterocycles. The van der Waals surface area contributed by atoms with E-state index >= 15 is 0 Å². The van der Waals surface area contributed by atoms with E-state index < -0.39 is 0 Å². The second kappa shape index (κ2) is 7.74. The van der Waals surface area contributed by atoms with E-state index in [1.54, 1.807) is 11.1 Å². The molecule has 1 aliphatic rings. The van der Waals surface area contributed by atoms with Gasteiger partial charge in [-0.2, -0.15) is 0 Å². The Morgan fingerprint density at radius 3 is 2.96 bits per heavy atom. The molecule has 0 spiro atoms. The monoisotopic (exact) mass is 368 g/mol. The molecule has 0 bridgehead atoms. The first-order chi connectivity index (χ1) is 12.8. The number of thiazole rings is 1. The van der Waals surface area contributed by atoms with Gasteiger partial charge in [-0.05, 0) is 29.3 Å². The van der Waals surface area contributed by atoms with Crippen LogP contribution in [0.1, 0.15) is 11.4 Å². The topological polar surface area (TPSA) is 51.7 Å². The van der Waals surface area contributed by atoms with Gasteiger partial charge in [-0.1, -0.05) is 30.3 Å². The molecule has 0 radical (unpaired) electrons. The Morgan fingerprint density at radius 1 is 1.23 bits per heavy atom. The van der Waals surface area contributed by atoms with Crippen LogP contribution in [0, 0.1) is 5.92 Å². The summed E-state index contributed by atoms with van der Waals surface area (Å²) < 4.78 is 11.3. The number of fused-ring (bicyclic) bond motifs is 1. The molecule has 134 valence electrons. The number of hydrogen-bond acceptors (Lipinski definition) is 5. The fourth-order valence-corrected chi connectivity index (χ4v) is 3.67. The predicted octanol–water partition coefficient (Wildman–Crippen LogP) is 4.33. The standard InChI is InChI=1S/C20H20N2O3S/c23-20(25-14-19-21-8-10-26-19)22-9-7-15(12-22)13-24-18-6-5-16-3-1-2-4-17(16)11-18/h1-6,8,10-11,15H,7,9,12-14H2/t15-/m0/s1. The molecule has 4 rings (SSSR count). The zero-order chi connectivity index (χ0) is 17.8. The first-order valence-corrected chi connectivity index (χ1v) is 9.57. The van der Waals surface area contributed by atoms with Crippen molar-refractivity contribution in [2.75, 3.05) is 19.7 Å². The molecule has 1 fully saturated rings. The number of ether oxygens (including phenoxy) is 2. The Hall–Kier alpha value is -2.60. The van der Waals surface area contributed by atoms with Crippen LogP contribution in [0.2, 0.25) is 0 Å². The van der Waals surface area contributed by atoms with Crippen molar-refractivity contribution in [2.45, 2.75) is 13.0 Å². The molecule has 0 saturated carbocycles. The predicted molar refractivity (Wildman–Crippen MR) is 101 cm³/mol. The molecule has 0 N–H and O–H groups in total. The smallest absolute Gasteiger partial charge is 0.410 e. The largest absolute Gasteiger partial charge is 0.493 e. The van der Waals surface area contributed by atoms with Crippen LogP contribution in [-0.4, -0.2) is 35.7 Å². The van der Waals surface area contributed by atoms with Crippen molar-refractivity contribution in [2.24, 2.45) is 5.92 Å². The second-order valence-electron chi connectivity index (χ2n) is 6.40. The average Bonchev–Trinajstić information content (AvgIpc) is 3.36. The average molecular weight is 368 g/mol. The minimum atomic E-state index is -0.270. The minimum absolute atomic E-state index is 0.241. The maximum Gasteiger partial charge on any atom is 0.410 e. The molecule has 1 amide bonds. The first kappa shape index (κ1) is 16.8. The number of benzene rings is 2. The molecule has 2 aromatic carbocycles. The van der Waals surface area contributed by atoms with Gasteiger partial charge in [0.1, 0.15) is 17.4 Å². The summed E-state index contributed by atoms with van der Waals surface area (Å²) in [5.41, 5.74) is 0. The van der Waals surface area contributed by atoms with E-state index in [1.807, 2.05) is 23.6 Å². The van der Waals surface area contributed by atoms with Crippen molar-refractivity contribution in [3.8, 4) is 5.75 Å². The number of amides is 1. The molecule has 0 aliphatic carbocycles. The molecule has 26 heavy (non-hydrogen) atoms. The molecule has 0 unspecified atom stereocenters. The van der Waals surface area contributed by atoms with E-state index in [-0.39, 0.29) is 12.7 Å². The van der Waals surface area contributed by atoms with Crippen molar-refractivity contribution in [3.05, 3.63) is 59.0 Å². The summed E-state index contributed by atoms with van der Waals surface area (Å²) in [4.78, 5) is 18.0. The summed E-state index contributed by atoms with van der Waals surface area (Å²) in [6.45, 7) is 2.23. The van der Waals surface area contributed by atoms with Gasteiger partial charge in [0.25, 0.3) is 0 Å². The summed E-state index contributed by atoms with van der Waals surface area (Å²) in [5.74, 6) is 1.20. The van der Waals surface area contributed by atoms with Gasteiger partial charge < -0.3 is 14.4 Å². The van der Waals surface area contributed by atoms with E-state index in [9.17, 15) is 4.79 Å². The Morgan fingerprint density at radius 2 is 2.12 bits per heavy atom. The van der Waals surface area contributed by atoms with Crippen molar-refractivity contribution in [1.82, 2.24) is 9.88 Å². The van der Waals surface area contributed by atoms with Crippen LogP contribution in [0.15, 0.2) is 54.0 Å². The third-order valence-electron chi connectivity index (χ3n) is 4.55. The third-order valence-corrected chi connectivity index (χ3v) is 5.31. The Bertz CT molecular complexity index is 882. The van der Waals surface area contributed by atoms with Gasteiger partial charge in [0.15, 0.2) is 0 Å². The summed E-state index contributed by atoms with van der Waals surface area (Å²) in [6.07, 6.45) is 2.37. The zero-order valence-corrected chi connectivity index (χ0v) is 15.2. The SMILES string of the molecule is O=C(OCc1nccs1)N1CC[C@H](COc2ccc3ccccc3c2)C1. The molecular formula is C20H20N2O3S. The lowest BCUT2D eigenvalue weighted by atomic mass is 10.1. The van der Waals surface area contributed by atoms with Crippen LogP contribution in [-0.2, 0) is 11.3 Å². The number of carbonyl (C=O) groups excluding carboxylic acids is 1. The van der Waals surface area contributed by atoms with Crippen LogP contribution in [0.4, 0.5) is 4.79 Å². The Kier molecular flexibility index (Phi) is 5.02. The number of rotatable bonds is 5. The summed E-state index contributed by atoms with van der Waals surface area (Å²) in [5, 5.41) is 5.06. The normalized spacial score (nSPS) is 16.8. The number of nitrogens with zero attached hydrogens (tertiary/aromatic N) is 2. The fourth-order valence-electron chi connectivity index (χ4n) is 3.14.